The van der Waals surface area contributed by atoms with Crippen LogP contribution >= 0.6 is 11.6 Å². The fourth-order valence-electron chi connectivity index (χ4n) is 1.66. The molecular formula is C14H22ClNO2. The summed E-state index contributed by atoms with van der Waals surface area (Å²) < 4.78 is 5.76. The SMILES string of the molecule is CCCCCOc1ccc(Cl)cc1CNCCO. The Morgan fingerprint density at radius 1 is 1.33 bits per heavy atom. The van der Waals surface area contributed by atoms with Gasteiger partial charge in [0.1, 0.15) is 5.75 Å². The highest BCUT2D eigenvalue weighted by Gasteiger charge is 2.04. The average molecular weight is 272 g/mol. The fraction of sp³-hybridized carbons (Fsp3) is 0.571. The van der Waals surface area contributed by atoms with Crippen LogP contribution in [0.15, 0.2) is 18.2 Å². The van der Waals surface area contributed by atoms with Gasteiger partial charge in [0.2, 0.25) is 0 Å². The van der Waals surface area contributed by atoms with Crippen molar-refractivity contribution in [3.63, 3.8) is 0 Å². The zero-order chi connectivity index (χ0) is 13.2. The summed E-state index contributed by atoms with van der Waals surface area (Å²) in [5.74, 6) is 0.876. The van der Waals surface area contributed by atoms with Crippen molar-refractivity contribution in [3.8, 4) is 5.75 Å². The Labute approximate surface area is 114 Å². The smallest absolute Gasteiger partial charge is 0.123 e. The molecule has 0 fully saturated rings. The average Bonchev–Trinajstić information content (AvgIpc) is 2.37. The first-order chi connectivity index (χ1) is 8.77. The number of aliphatic hydroxyl groups excluding tert-OH is 1. The molecule has 0 bridgehead atoms. The van der Waals surface area contributed by atoms with Crippen molar-refractivity contribution in [2.75, 3.05) is 19.8 Å². The van der Waals surface area contributed by atoms with E-state index in [-0.39, 0.29) is 6.61 Å². The fourth-order valence-corrected chi connectivity index (χ4v) is 1.86. The highest BCUT2D eigenvalue weighted by molar-refractivity contribution is 6.30. The van der Waals surface area contributed by atoms with Crippen molar-refractivity contribution in [2.45, 2.75) is 32.7 Å². The number of ether oxygens (including phenoxy) is 1. The number of nitrogens with one attached hydrogen (secondary N) is 1. The summed E-state index contributed by atoms with van der Waals surface area (Å²) in [5.41, 5.74) is 1.03. The first-order valence-corrected chi connectivity index (χ1v) is 6.88. The van der Waals surface area contributed by atoms with Gasteiger partial charge in [-0.2, -0.15) is 0 Å². The van der Waals surface area contributed by atoms with E-state index in [2.05, 4.69) is 12.2 Å². The molecular weight excluding hydrogens is 250 g/mol. The Balaban J connectivity index is 2.52. The number of halogens is 1. The highest BCUT2D eigenvalue weighted by Crippen LogP contribution is 2.23. The summed E-state index contributed by atoms with van der Waals surface area (Å²) in [6.45, 7) is 4.27. The normalized spacial score (nSPS) is 10.6. The van der Waals surface area contributed by atoms with E-state index in [0.717, 1.165) is 24.3 Å². The molecule has 0 radical (unpaired) electrons. The van der Waals surface area contributed by atoms with Gasteiger partial charge >= 0.3 is 0 Å². The molecule has 0 atom stereocenters. The van der Waals surface area contributed by atoms with E-state index in [4.69, 9.17) is 21.4 Å². The van der Waals surface area contributed by atoms with Gasteiger partial charge in [0, 0.05) is 23.7 Å². The monoisotopic (exact) mass is 271 g/mol. The molecule has 0 spiro atoms. The lowest BCUT2D eigenvalue weighted by Crippen LogP contribution is -2.18. The molecule has 0 saturated heterocycles. The lowest BCUT2D eigenvalue weighted by Gasteiger charge is -2.12. The lowest BCUT2D eigenvalue weighted by molar-refractivity contribution is 0.288. The third-order valence-corrected chi connectivity index (χ3v) is 2.87. The van der Waals surface area contributed by atoms with Crippen LogP contribution in [-0.4, -0.2) is 24.9 Å². The van der Waals surface area contributed by atoms with Crippen molar-refractivity contribution in [3.05, 3.63) is 28.8 Å². The van der Waals surface area contributed by atoms with E-state index in [1.807, 2.05) is 18.2 Å². The van der Waals surface area contributed by atoms with Crippen molar-refractivity contribution >= 4 is 11.6 Å². The topological polar surface area (TPSA) is 41.5 Å². The second kappa shape index (κ2) is 9.20. The molecule has 102 valence electrons. The van der Waals surface area contributed by atoms with Crippen LogP contribution in [0, 0.1) is 0 Å². The number of aliphatic hydroxyl groups is 1. The van der Waals surface area contributed by atoms with Gasteiger partial charge in [-0.1, -0.05) is 31.4 Å². The highest BCUT2D eigenvalue weighted by atomic mass is 35.5. The minimum atomic E-state index is 0.132. The molecule has 0 saturated carbocycles. The predicted octanol–water partition coefficient (Wildman–Crippen LogP) is 2.99. The molecule has 0 aromatic heterocycles. The van der Waals surface area contributed by atoms with E-state index in [9.17, 15) is 0 Å². The Morgan fingerprint density at radius 3 is 2.89 bits per heavy atom. The molecule has 0 aliphatic heterocycles. The summed E-state index contributed by atoms with van der Waals surface area (Å²) in [6, 6.07) is 5.65. The standard InChI is InChI=1S/C14H22ClNO2/c1-2-3-4-9-18-14-6-5-13(15)10-12(14)11-16-7-8-17/h5-6,10,16-17H,2-4,7-9,11H2,1H3. The Kier molecular flexibility index (Phi) is 7.81. The number of hydrogen-bond acceptors (Lipinski definition) is 3. The maximum atomic E-state index is 8.75. The van der Waals surface area contributed by atoms with E-state index < -0.39 is 0 Å². The van der Waals surface area contributed by atoms with Crippen LogP contribution in [-0.2, 0) is 6.54 Å². The number of benzene rings is 1. The Hall–Kier alpha value is -0.770. The number of hydrogen-bond donors (Lipinski definition) is 2. The van der Waals surface area contributed by atoms with Gasteiger partial charge in [-0.05, 0) is 24.6 Å². The summed E-state index contributed by atoms with van der Waals surface area (Å²) in [4.78, 5) is 0. The second-order valence-corrected chi connectivity index (χ2v) is 4.64. The summed E-state index contributed by atoms with van der Waals surface area (Å²) in [7, 11) is 0. The second-order valence-electron chi connectivity index (χ2n) is 4.21. The summed E-state index contributed by atoms with van der Waals surface area (Å²) in [6.07, 6.45) is 3.45. The molecule has 1 aromatic carbocycles. The molecule has 18 heavy (non-hydrogen) atoms. The number of rotatable bonds is 9. The lowest BCUT2D eigenvalue weighted by atomic mass is 10.2. The minimum Gasteiger partial charge on any atom is -0.493 e. The van der Waals surface area contributed by atoms with Gasteiger partial charge in [-0.3, -0.25) is 0 Å². The van der Waals surface area contributed by atoms with Gasteiger partial charge in [0.05, 0.1) is 13.2 Å². The minimum absolute atomic E-state index is 0.132. The van der Waals surface area contributed by atoms with Crippen LogP contribution in [0.3, 0.4) is 0 Å². The molecule has 1 aromatic rings. The molecule has 0 aliphatic carbocycles. The van der Waals surface area contributed by atoms with Gasteiger partial charge in [-0.15, -0.1) is 0 Å². The van der Waals surface area contributed by atoms with Gasteiger partial charge in [0.25, 0.3) is 0 Å². The quantitative estimate of drug-likeness (QED) is 0.679. The van der Waals surface area contributed by atoms with E-state index in [1.165, 1.54) is 12.8 Å². The van der Waals surface area contributed by atoms with Crippen LogP contribution in [0.4, 0.5) is 0 Å². The van der Waals surface area contributed by atoms with Crippen molar-refractivity contribution in [1.29, 1.82) is 0 Å². The van der Waals surface area contributed by atoms with Crippen LogP contribution in [0.25, 0.3) is 0 Å². The Bertz CT molecular complexity index is 345. The van der Waals surface area contributed by atoms with Gasteiger partial charge < -0.3 is 15.2 Å². The van der Waals surface area contributed by atoms with Crippen molar-refractivity contribution in [1.82, 2.24) is 5.32 Å². The summed E-state index contributed by atoms with van der Waals surface area (Å²) in [5, 5.41) is 12.6. The van der Waals surface area contributed by atoms with E-state index in [0.29, 0.717) is 18.1 Å². The van der Waals surface area contributed by atoms with Crippen LogP contribution in [0.5, 0.6) is 5.75 Å². The summed E-state index contributed by atoms with van der Waals surface area (Å²) >= 11 is 5.98. The van der Waals surface area contributed by atoms with E-state index in [1.54, 1.807) is 0 Å². The van der Waals surface area contributed by atoms with Crippen LogP contribution < -0.4 is 10.1 Å². The molecule has 0 unspecified atom stereocenters. The van der Waals surface area contributed by atoms with Crippen LogP contribution in [0.2, 0.25) is 5.02 Å². The first-order valence-electron chi connectivity index (χ1n) is 6.50. The molecule has 3 nitrogen and oxygen atoms in total. The molecule has 4 heteroatoms. The van der Waals surface area contributed by atoms with Gasteiger partial charge in [0.15, 0.2) is 0 Å². The van der Waals surface area contributed by atoms with Gasteiger partial charge in [-0.25, -0.2) is 0 Å². The third kappa shape index (κ3) is 5.71. The largest absolute Gasteiger partial charge is 0.493 e. The molecule has 2 N–H and O–H groups in total. The maximum Gasteiger partial charge on any atom is 0.123 e. The molecule has 1 rings (SSSR count). The first kappa shape index (κ1) is 15.3. The van der Waals surface area contributed by atoms with Crippen molar-refractivity contribution in [2.24, 2.45) is 0 Å². The Morgan fingerprint density at radius 2 is 2.17 bits per heavy atom. The zero-order valence-corrected chi connectivity index (χ0v) is 11.7. The third-order valence-electron chi connectivity index (χ3n) is 2.63. The van der Waals surface area contributed by atoms with Crippen LogP contribution in [0.1, 0.15) is 31.7 Å². The molecule has 0 heterocycles. The van der Waals surface area contributed by atoms with Crippen molar-refractivity contribution < 1.29 is 9.84 Å². The number of unbranched alkanes of at least 4 members (excludes halogenated alkanes) is 2. The van der Waals surface area contributed by atoms with E-state index >= 15 is 0 Å². The predicted molar refractivity (Wildman–Crippen MR) is 75.3 cm³/mol. The zero-order valence-electron chi connectivity index (χ0n) is 10.9. The maximum absolute atomic E-state index is 8.75. The molecule has 0 aliphatic rings. The molecule has 0 amide bonds.